The lowest BCUT2D eigenvalue weighted by molar-refractivity contribution is -0.138. The minimum Gasteiger partial charge on any atom is -0.480 e. The molecule has 2 aromatic rings. The van der Waals surface area contributed by atoms with Crippen LogP contribution in [0.15, 0.2) is 18.5 Å². The Bertz CT molecular complexity index is 784. The fourth-order valence-corrected chi connectivity index (χ4v) is 2.86. The summed E-state index contributed by atoms with van der Waals surface area (Å²) < 4.78 is 1.35. The third kappa shape index (κ3) is 2.68. The Morgan fingerprint density at radius 3 is 2.83 bits per heavy atom. The topological polar surface area (TPSA) is 131 Å². The van der Waals surface area contributed by atoms with E-state index in [1.165, 1.54) is 4.68 Å². The zero-order valence-corrected chi connectivity index (χ0v) is 12.3. The molecule has 1 unspecified atom stereocenters. The summed E-state index contributed by atoms with van der Waals surface area (Å²) in [6.07, 6.45) is 4.79. The van der Waals surface area contributed by atoms with Gasteiger partial charge in [-0.15, -0.1) is 0 Å². The summed E-state index contributed by atoms with van der Waals surface area (Å²) in [7, 11) is 0. The fourth-order valence-electron chi connectivity index (χ4n) is 2.86. The highest BCUT2D eigenvalue weighted by Crippen LogP contribution is 2.34. The van der Waals surface area contributed by atoms with E-state index in [0.717, 1.165) is 11.1 Å². The molecule has 120 valence electrons. The predicted octanol–water partition coefficient (Wildman–Crippen LogP) is 0.544. The number of rotatable bonds is 5. The van der Waals surface area contributed by atoms with Crippen molar-refractivity contribution in [2.75, 3.05) is 0 Å². The lowest BCUT2D eigenvalue weighted by Gasteiger charge is -2.14. The third-order valence-corrected chi connectivity index (χ3v) is 4.03. The maximum absolute atomic E-state index is 11.6. The fraction of sp³-hybridized carbons (Fsp3) is 0.333. The molecule has 4 N–H and O–H groups in total. The third-order valence-electron chi connectivity index (χ3n) is 4.03. The van der Waals surface area contributed by atoms with E-state index < -0.39 is 18.0 Å². The van der Waals surface area contributed by atoms with E-state index in [1.807, 2.05) is 6.07 Å². The molecule has 0 fully saturated rings. The van der Waals surface area contributed by atoms with Crippen LogP contribution in [0.2, 0.25) is 0 Å². The maximum atomic E-state index is 11.6. The lowest BCUT2D eigenvalue weighted by atomic mass is 9.90. The summed E-state index contributed by atoms with van der Waals surface area (Å²) in [5, 5.41) is 22.8. The molecule has 2 aromatic heterocycles. The van der Waals surface area contributed by atoms with Crippen molar-refractivity contribution < 1.29 is 19.8 Å². The van der Waals surface area contributed by atoms with Gasteiger partial charge in [0.25, 0.3) is 0 Å². The van der Waals surface area contributed by atoms with Crippen LogP contribution >= 0.6 is 0 Å². The SMILES string of the molecule is NC(CCn1nc2c(c1C(=O)O)CCc1cnccc1-2)C(=O)O. The maximum Gasteiger partial charge on any atom is 0.354 e. The van der Waals surface area contributed by atoms with E-state index in [4.69, 9.17) is 10.8 Å². The number of pyridine rings is 1. The Morgan fingerprint density at radius 1 is 1.35 bits per heavy atom. The van der Waals surface area contributed by atoms with Crippen LogP contribution in [-0.2, 0) is 24.2 Å². The largest absolute Gasteiger partial charge is 0.480 e. The normalized spacial score (nSPS) is 14.0. The van der Waals surface area contributed by atoms with E-state index in [-0.39, 0.29) is 18.7 Å². The molecule has 0 saturated heterocycles. The minimum absolute atomic E-state index is 0.110. The van der Waals surface area contributed by atoms with Crippen LogP contribution in [0.1, 0.15) is 28.0 Å². The molecule has 0 aliphatic heterocycles. The molecule has 8 heteroatoms. The average Bonchev–Trinajstić information content (AvgIpc) is 2.91. The number of carboxylic acids is 2. The van der Waals surface area contributed by atoms with Gasteiger partial charge >= 0.3 is 11.9 Å². The highest BCUT2D eigenvalue weighted by atomic mass is 16.4. The van der Waals surface area contributed by atoms with Crippen LogP contribution in [0.4, 0.5) is 0 Å². The van der Waals surface area contributed by atoms with Crippen molar-refractivity contribution in [3.8, 4) is 11.3 Å². The number of aromatic carboxylic acids is 1. The summed E-state index contributed by atoms with van der Waals surface area (Å²) in [5.41, 5.74) is 8.83. The Labute approximate surface area is 131 Å². The number of carbonyl (C=O) groups is 2. The van der Waals surface area contributed by atoms with Gasteiger partial charge < -0.3 is 15.9 Å². The van der Waals surface area contributed by atoms with Crippen molar-refractivity contribution in [1.29, 1.82) is 0 Å². The van der Waals surface area contributed by atoms with Crippen molar-refractivity contribution in [1.82, 2.24) is 14.8 Å². The summed E-state index contributed by atoms with van der Waals surface area (Å²) >= 11 is 0. The van der Waals surface area contributed by atoms with Gasteiger partial charge in [-0.3, -0.25) is 14.5 Å². The van der Waals surface area contributed by atoms with Gasteiger partial charge in [-0.2, -0.15) is 5.10 Å². The van der Waals surface area contributed by atoms with Gasteiger partial charge in [0.15, 0.2) is 0 Å². The summed E-state index contributed by atoms with van der Waals surface area (Å²) in [6, 6.07) is 0.772. The molecule has 1 aliphatic carbocycles. The Balaban J connectivity index is 2.01. The highest BCUT2D eigenvalue weighted by Gasteiger charge is 2.28. The molecular weight excluding hydrogens is 300 g/mol. The summed E-state index contributed by atoms with van der Waals surface area (Å²) in [6.45, 7) is 0.141. The molecule has 0 spiro atoms. The number of nitrogens with zero attached hydrogens (tertiary/aromatic N) is 3. The van der Waals surface area contributed by atoms with Crippen molar-refractivity contribution in [2.45, 2.75) is 31.8 Å². The molecule has 23 heavy (non-hydrogen) atoms. The molecule has 0 bridgehead atoms. The van der Waals surface area contributed by atoms with E-state index >= 15 is 0 Å². The van der Waals surface area contributed by atoms with Crippen LogP contribution in [-0.4, -0.2) is 43.0 Å². The first kappa shape index (κ1) is 15.2. The van der Waals surface area contributed by atoms with Crippen LogP contribution in [0.3, 0.4) is 0 Å². The van der Waals surface area contributed by atoms with Gasteiger partial charge in [0, 0.05) is 30.1 Å². The molecule has 8 nitrogen and oxygen atoms in total. The molecular formula is C15H16N4O4. The Morgan fingerprint density at radius 2 is 2.13 bits per heavy atom. The number of aryl methyl sites for hydroxylation is 2. The van der Waals surface area contributed by atoms with Crippen LogP contribution < -0.4 is 5.73 Å². The second-order valence-electron chi connectivity index (χ2n) is 5.47. The highest BCUT2D eigenvalue weighted by molar-refractivity contribution is 5.90. The van der Waals surface area contributed by atoms with Crippen LogP contribution in [0.5, 0.6) is 0 Å². The van der Waals surface area contributed by atoms with Crippen molar-refractivity contribution in [2.24, 2.45) is 5.73 Å². The lowest BCUT2D eigenvalue weighted by Crippen LogP contribution is -2.31. The first-order valence-corrected chi connectivity index (χ1v) is 7.23. The van der Waals surface area contributed by atoms with Crippen molar-refractivity contribution >= 4 is 11.9 Å². The summed E-state index contributed by atoms with van der Waals surface area (Å²) in [5.74, 6) is -2.18. The van der Waals surface area contributed by atoms with Gasteiger partial charge in [0.1, 0.15) is 11.7 Å². The first-order chi connectivity index (χ1) is 11.0. The smallest absolute Gasteiger partial charge is 0.354 e. The molecule has 2 heterocycles. The second kappa shape index (κ2) is 5.81. The van der Waals surface area contributed by atoms with Crippen molar-refractivity contribution in [3.63, 3.8) is 0 Å². The number of nitrogens with two attached hydrogens (primary N) is 1. The molecule has 3 rings (SSSR count). The Hall–Kier alpha value is -2.74. The number of aliphatic carboxylic acids is 1. The number of fused-ring (bicyclic) bond motifs is 3. The zero-order chi connectivity index (χ0) is 16.6. The first-order valence-electron chi connectivity index (χ1n) is 7.23. The van der Waals surface area contributed by atoms with Gasteiger partial charge in [0.2, 0.25) is 0 Å². The van der Waals surface area contributed by atoms with Gasteiger partial charge in [0.05, 0.1) is 5.69 Å². The molecule has 0 radical (unpaired) electrons. The summed E-state index contributed by atoms with van der Waals surface area (Å²) in [4.78, 5) is 26.5. The quantitative estimate of drug-likeness (QED) is 0.733. The van der Waals surface area contributed by atoms with Crippen molar-refractivity contribution in [3.05, 3.63) is 35.3 Å². The number of aromatic nitrogens is 3. The van der Waals surface area contributed by atoms with E-state index in [9.17, 15) is 14.7 Å². The Kier molecular flexibility index (Phi) is 3.83. The monoisotopic (exact) mass is 316 g/mol. The standard InChI is InChI=1S/C15H16N4O4/c16-11(14(20)21)4-6-19-13(15(22)23)10-2-1-8-7-17-5-3-9(8)12(10)18-19/h3,5,7,11H,1-2,4,6,16H2,(H,20,21)(H,22,23). The molecule has 0 amide bonds. The predicted molar refractivity (Wildman–Crippen MR) is 80.1 cm³/mol. The van der Waals surface area contributed by atoms with Crippen LogP contribution in [0, 0.1) is 0 Å². The van der Waals surface area contributed by atoms with E-state index in [0.29, 0.717) is 24.1 Å². The molecule has 1 aliphatic rings. The van der Waals surface area contributed by atoms with E-state index in [1.54, 1.807) is 12.4 Å². The molecule has 0 aromatic carbocycles. The minimum atomic E-state index is -1.12. The second-order valence-corrected chi connectivity index (χ2v) is 5.47. The van der Waals surface area contributed by atoms with Crippen LogP contribution in [0.25, 0.3) is 11.3 Å². The average molecular weight is 316 g/mol. The molecule has 0 saturated carbocycles. The van der Waals surface area contributed by atoms with Gasteiger partial charge in [-0.1, -0.05) is 0 Å². The van der Waals surface area contributed by atoms with E-state index in [2.05, 4.69) is 10.1 Å². The van der Waals surface area contributed by atoms with Gasteiger partial charge in [-0.25, -0.2) is 4.79 Å². The zero-order valence-electron chi connectivity index (χ0n) is 12.3. The van der Waals surface area contributed by atoms with Gasteiger partial charge in [-0.05, 0) is 30.9 Å². The number of hydrogen-bond donors (Lipinski definition) is 3. The number of hydrogen-bond acceptors (Lipinski definition) is 5. The number of carboxylic acid groups (broad SMARTS) is 2. The molecule has 1 atom stereocenters.